The molecule has 1 fully saturated rings. The van der Waals surface area contributed by atoms with Crippen molar-refractivity contribution in [1.82, 2.24) is 19.1 Å². The molecule has 0 N–H and O–H groups in total. The molecule has 7 nitrogen and oxygen atoms in total. The van der Waals surface area contributed by atoms with E-state index in [0.717, 1.165) is 17.8 Å². The second-order valence-corrected chi connectivity index (χ2v) is 9.03. The Kier molecular flexibility index (Phi) is 5.33. The van der Waals surface area contributed by atoms with Crippen LogP contribution in [0.25, 0.3) is 0 Å². The highest BCUT2D eigenvalue weighted by Crippen LogP contribution is 2.24. The van der Waals surface area contributed by atoms with E-state index in [1.165, 1.54) is 10.5 Å². The number of hydrogen-bond acceptors (Lipinski definition) is 6. The molecule has 0 aliphatic carbocycles. The predicted molar refractivity (Wildman–Crippen MR) is 91.7 cm³/mol. The van der Waals surface area contributed by atoms with Crippen molar-refractivity contribution in [2.75, 3.05) is 26.8 Å². The Morgan fingerprint density at radius 3 is 2.88 bits per heavy atom. The molecule has 24 heavy (non-hydrogen) atoms. The fourth-order valence-corrected chi connectivity index (χ4v) is 4.71. The number of ether oxygens (including phenoxy) is 1. The van der Waals surface area contributed by atoms with Gasteiger partial charge in [0.05, 0.1) is 17.2 Å². The van der Waals surface area contributed by atoms with Crippen LogP contribution in [-0.2, 0) is 14.8 Å². The van der Waals surface area contributed by atoms with E-state index in [1.807, 2.05) is 12.3 Å². The zero-order chi connectivity index (χ0) is 17.2. The molecule has 1 saturated heterocycles. The molecule has 132 valence electrons. The van der Waals surface area contributed by atoms with Crippen molar-refractivity contribution in [2.24, 2.45) is 0 Å². The Balaban J connectivity index is 1.71. The Hall–Kier alpha value is -1.29. The number of nitrogens with zero attached hydrogens (tertiary/aromatic N) is 4. The molecule has 0 spiro atoms. The molecular formula is C15H22N4O3S2. The first-order chi connectivity index (χ1) is 11.5. The third-order valence-electron chi connectivity index (χ3n) is 4.25. The number of thiazole rings is 1. The van der Waals surface area contributed by atoms with Crippen LogP contribution in [0.1, 0.15) is 36.7 Å². The average molecular weight is 371 g/mol. The molecule has 0 saturated carbocycles. The van der Waals surface area contributed by atoms with Crippen LogP contribution in [0.2, 0.25) is 0 Å². The van der Waals surface area contributed by atoms with Crippen molar-refractivity contribution >= 4 is 21.4 Å². The van der Waals surface area contributed by atoms with Gasteiger partial charge in [-0.05, 0) is 12.8 Å². The van der Waals surface area contributed by atoms with Crippen LogP contribution < -0.4 is 0 Å². The second kappa shape index (κ2) is 7.30. The quantitative estimate of drug-likeness (QED) is 0.778. The summed E-state index contributed by atoms with van der Waals surface area (Å²) in [5, 5.41) is 7.10. The molecule has 3 heterocycles. The number of rotatable bonds is 6. The monoisotopic (exact) mass is 370 g/mol. The van der Waals surface area contributed by atoms with Gasteiger partial charge in [0.1, 0.15) is 4.90 Å². The summed E-state index contributed by atoms with van der Waals surface area (Å²) in [7, 11) is -1.94. The van der Waals surface area contributed by atoms with Gasteiger partial charge >= 0.3 is 0 Å². The standard InChI is InChI=1S/C15H22N4O3S2/c1-12(15-16-5-8-23-15)10-18(2)24(20,21)14-9-17-19(11-14)13-3-6-22-7-4-13/h5,8-9,11-13H,3-4,6-7,10H2,1-2H3/t12-/m0/s1. The maximum Gasteiger partial charge on any atom is 0.245 e. The number of hydrogen-bond donors (Lipinski definition) is 0. The zero-order valence-electron chi connectivity index (χ0n) is 13.8. The maximum atomic E-state index is 12.8. The van der Waals surface area contributed by atoms with Crippen LogP contribution in [0, 0.1) is 0 Å². The van der Waals surface area contributed by atoms with Crippen LogP contribution in [0.4, 0.5) is 0 Å². The van der Waals surface area contributed by atoms with E-state index in [4.69, 9.17) is 4.74 Å². The molecule has 2 aromatic rings. The molecule has 2 aromatic heterocycles. The lowest BCUT2D eigenvalue weighted by Crippen LogP contribution is -2.30. The van der Waals surface area contributed by atoms with Crippen LogP contribution in [-0.4, -0.2) is 54.3 Å². The molecule has 0 amide bonds. The summed E-state index contributed by atoms with van der Waals surface area (Å²) in [6, 6.07) is 0.210. The minimum absolute atomic E-state index is 0.0512. The van der Waals surface area contributed by atoms with Crippen LogP contribution in [0.5, 0.6) is 0 Å². The van der Waals surface area contributed by atoms with E-state index < -0.39 is 10.0 Å². The summed E-state index contributed by atoms with van der Waals surface area (Å²) < 4.78 is 34.0. The van der Waals surface area contributed by atoms with E-state index in [0.29, 0.717) is 19.8 Å². The van der Waals surface area contributed by atoms with Crippen molar-refractivity contribution in [3.8, 4) is 0 Å². The highest BCUT2D eigenvalue weighted by atomic mass is 32.2. The lowest BCUT2D eigenvalue weighted by molar-refractivity contribution is 0.0662. The summed E-state index contributed by atoms with van der Waals surface area (Å²) in [5.41, 5.74) is 0. The molecule has 9 heteroatoms. The summed E-state index contributed by atoms with van der Waals surface area (Å²) >= 11 is 1.54. The van der Waals surface area contributed by atoms with Crippen molar-refractivity contribution in [1.29, 1.82) is 0 Å². The molecule has 0 unspecified atom stereocenters. The normalized spacial score (nSPS) is 18.1. The molecular weight excluding hydrogens is 348 g/mol. The van der Waals surface area contributed by atoms with Gasteiger partial charge in [-0.25, -0.2) is 17.7 Å². The van der Waals surface area contributed by atoms with E-state index in [9.17, 15) is 8.42 Å². The number of aromatic nitrogens is 3. The van der Waals surface area contributed by atoms with Crippen molar-refractivity contribution in [2.45, 2.75) is 36.6 Å². The third-order valence-corrected chi connectivity index (χ3v) is 7.04. The molecule has 1 aliphatic rings. The molecule has 0 aromatic carbocycles. The Morgan fingerprint density at radius 2 is 2.21 bits per heavy atom. The predicted octanol–water partition coefficient (Wildman–Crippen LogP) is 2.12. The maximum absolute atomic E-state index is 12.8. The number of likely N-dealkylation sites (N-methyl/N-ethyl adjacent to an activating group) is 1. The third kappa shape index (κ3) is 3.69. The van der Waals surface area contributed by atoms with E-state index in [-0.39, 0.29) is 16.9 Å². The van der Waals surface area contributed by atoms with Gasteiger partial charge in [-0.3, -0.25) is 4.68 Å². The molecule has 3 rings (SSSR count). The zero-order valence-corrected chi connectivity index (χ0v) is 15.5. The first kappa shape index (κ1) is 17.5. The Bertz CT molecular complexity index is 752. The van der Waals surface area contributed by atoms with Crippen molar-refractivity contribution < 1.29 is 13.2 Å². The summed E-state index contributed by atoms with van der Waals surface area (Å²) in [6.07, 6.45) is 6.53. The Labute approximate surface area is 146 Å². The highest BCUT2D eigenvalue weighted by Gasteiger charge is 2.26. The second-order valence-electron chi connectivity index (χ2n) is 6.06. The largest absolute Gasteiger partial charge is 0.381 e. The van der Waals surface area contributed by atoms with E-state index in [2.05, 4.69) is 10.1 Å². The van der Waals surface area contributed by atoms with Crippen molar-refractivity contribution in [3.63, 3.8) is 0 Å². The van der Waals surface area contributed by atoms with E-state index >= 15 is 0 Å². The fraction of sp³-hybridized carbons (Fsp3) is 0.600. The summed E-state index contributed by atoms with van der Waals surface area (Å²) in [6.45, 7) is 3.75. The molecule has 0 bridgehead atoms. The lowest BCUT2D eigenvalue weighted by atomic mass is 10.1. The molecule has 1 atom stereocenters. The highest BCUT2D eigenvalue weighted by molar-refractivity contribution is 7.89. The number of sulfonamides is 1. The van der Waals surface area contributed by atoms with Gasteiger partial charge in [-0.1, -0.05) is 6.92 Å². The van der Waals surface area contributed by atoms with Crippen LogP contribution in [0.15, 0.2) is 28.9 Å². The average Bonchev–Trinajstić information content (AvgIpc) is 3.27. The van der Waals surface area contributed by atoms with E-state index in [1.54, 1.807) is 35.5 Å². The van der Waals surface area contributed by atoms with Gasteiger partial charge in [0.15, 0.2) is 0 Å². The van der Waals surface area contributed by atoms with Gasteiger partial charge in [0.2, 0.25) is 10.0 Å². The summed E-state index contributed by atoms with van der Waals surface area (Å²) in [5.74, 6) is 0.0512. The first-order valence-corrected chi connectivity index (χ1v) is 10.3. The van der Waals surface area contributed by atoms with Gasteiger partial charge < -0.3 is 4.74 Å². The van der Waals surface area contributed by atoms with Gasteiger partial charge in [-0.15, -0.1) is 11.3 Å². The van der Waals surface area contributed by atoms with Gasteiger partial charge in [0.25, 0.3) is 0 Å². The SMILES string of the molecule is C[C@@H](CN(C)S(=O)(=O)c1cnn(C2CCOCC2)c1)c1nccs1. The fourth-order valence-electron chi connectivity index (χ4n) is 2.82. The minimum Gasteiger partial charge on any atom is -0.381 e. The topological polar surface area (TPSA) is 77.3 Å². The molecule has 0 radical (unpaired) electrons. The smallest absolute Gasteiger partial charge is 0.245 e. The minimum atomic E-state index is -3.55. The summed E-state index contributed by atoms with van der Waals surface area (Å²) in [4.78, 5) is 4.50. The lowest BCUT2D eigenvalue weighted by Gasteiger charge is -2.22. The first-order valence-electron chi connectivity index (χ1n) is 7.96. The van der Waals surface area contributed by atoms with Gasteiger partial charge in [-0.2, -0.15) is 5.10 Å². The van der Waals surface area contributed by atoms with Crippen LogP contribution in [0.3, 0.4) is 0 Å². The van der Waals surface area contributed by atoms with Crippen molar-refractivity contribution in [3.05, 3.63) is 29.0 Å². The molecule has 1 aliphatic heterocycles. The van der Waals surface area contributed by atoms with Gasteiger partial charge in [0, 0.05) is 50.5 Å². The Morgan fingerprint density at radius 1 is 1.46 bits per heavy atom. The van der Waals surface area contributed by atoms with Crippen LogP contribution >= 0.6 is 11.3 Å².